The van der Waals surface area contributed by atoms with Gasteiger partial charge >= 0.3 is 5.97 Å². The van der Waals surface area contributed by atoms with Crippen LogP contribution in [0, 0.1) is 0 Å². The van der Waals surface area contributed by atoms with Crippen molar-refractivity contribution in [1.82, 2.24) is 25.0 Å². The number of carboxylic acid groups (broad SMARTS) is 1. The van der Waals surface area contributed by atoms with Gasteiger partial charge in [-0.3, -0.25) is 29.3 Å². The Labute approximate surface area is 277 Å². The molecule has 1 atom stereocenters. The predicted octanol–water partition coefficient (Wildman–Crippen LogP) is 5.65. The number of carbonyl (C=O) groups excluding carboxylic acids is 2. The van der Waals surface area contributed by atoms with Gasteiger partial charge in [0, 0.05) is 54.6 Å². The van der Waals surface area contributed by atoms with E-state index in [0.29, 0.717) is 60.1 Å². The molecule has 0 radical (unpaired) electrons. The number of aryl methyl sites for hydroxylation is 1. The van der Waals surface area contributed by atoms with Gasteiger partial charge in [-0.2, -0.15) is 5.10 Å². The number of hydrogen-bond acceptors (Lipinski definition) is 8. The molecule has 4 heterocycles. The number of amides is 2. The molecule has 2 aromatic carbocycles. The maximum atomic E-state index is 13.2. The van der Waals surface area contributed by atoms with Gasteiger partial charge in [0.1, 0.15) is 6.67 Å². The van der Waals surface area contributed by atoms with E-state index in [1.165, 1.54) is 11.3 Å². The maximum Gasteiger partial charge on any atom is 0.317 e. The monoisotopic (exact) mass is 685 g/mol. The minimum absolute atomic E-state index is 0.183. The molecule has 2 aromatic heterocycles. The fourth-order valence-electron chi connectivity index (χ4n) is 5.70. The number of halogens is 3. The number of aromatic nitrogens is 3. The minimum Gasteiger partial charge on any atom is -0.480 e. The van der Waals surface area contributed by atoms with Crippen LogP contribution in [0.15, 0.2) is 42.5 Å². The van der Waals surface area contributed by atoms with Crippen molar-refractivity contribution < 1.29 is 23.9 Å². The van der Waals surface area contributed by atoms with Gasteiger partial charge in [-0.1, -0.05) is 47.5 Å². The standard InChI is InChI=1S/C31H30Cl2FN7O4S/c32-27-17(4-1-6-21(27)36-29(44)23-14-24-19(35-15-26(42)43)8-3-11-41(24)39-23)18-5-2-7-22(28(18)33)37-30(45)31-38-20-9-12-40(13-10-34)16-25(20)46-31/h1-2,4-7,14,19,35H,3,8-13,15-16H2,(H,36,44)(H,37,45)(H,42,43). The van der Waals surface area contributed by atoms with Crippen LogP contribution in [0.5, 0.6) is 0 Å². The summed E-state index contributed by atoms with van der Waals surface area (Å²) in [5.41, 5.74) is 3.60. The van der Waals surface area contributed by atoms with Crippen LogP contribution in [-0.4, -0.2) is 68.9 Å². The smallest absolute Gasteiger partial charge is 0.317 e. The molecule has 46 heavy (non-hydrogen) atoms. The Hall–Kier alpha value is -3.88. The number of rotatable bonds is 10. The number of alkyl halides is 1. The lowest BCUT2D eigenvalue weighted by Gasteiger charge is -2.24. The van der Waals surface area contributed by atoms with Gasteiger partial charge in [0.05, 0.1) is 39.4 Å². The van der Waals surface area contributed by atoms with Crippen LogP contribution in [0.4, 0.5) is 15.8 Å². The summed E-state index contributed by atoms with van der Waals surface area (Å²) in [6.07, 6.45) is 2.20. The van der Waals surface area contributed by atoms with Gasteiger partial charge < -0.3 is 15.7 Å². The highest BCUT2D eigenvalue weighted by Crippen LogP contribution is 2.40. The Morgan fingerprint density at radius 1 is 1.02 bits per heavy atom. The molecule has 15 heteroatoms. The molecule has 240 valence electrons. The van der Waals surface area contributed by atoms with Crippen molar-refractivity contribution in [3.05, 3.63) is 79.5 Å². The number of carbonyl (C=O) groups is 3. The maximum absolute atomic E-state index is 13.2. The van der Waals surface area contributed by atoms with Crippen LogP contribution in [-0.2, 0) is 24.3 Å². The van der Waals surface area contributed by atoms with E-state index in [-0.39, 0.29) is 28.3 Å². The Morgan fingerprint density at radius 2 is 1.72 bits per heavy atom. The number of aliphatic carboxylic acids is 1. The molecule has 2 aliphatic rings. The molecule has 0 spiro atoms. The van der Waals surface area contributed by atoms with E-state index >= 15 is 0 Å². The number of fused-ring (bicyclic) bond motifs is 2. The van der Waals surface area contributed by atoms with Crippen LogP contribution in [0.3, 0.4) is 0 Å². The Bertz CT molecular complexity index is 1810. The normalized spacial score (nSPS) is 16.0. The van der Waals surface area contributed by atoms with Crippen LogP contribution in [0.25, 0.3) is 11.1 Å². The van der Waals surface area contributed by atoms with E-state index in [0.717, 1.165) is 29.1 Å². The fourth-order valence-corrected chi connectivity index (χ4v) is 7.30. The molecule has 1 unspecified atom stereocenters. The van der Waals surface area contributed by atoms with E-state index in [2.05, 4.69) is 26.0 Å². The van der Waals surface area contributed by atoms with Crippen molar-refractivity contribution >= 4 is 63.7 Å². The number of hydrogen-bond donors (Lipinski definition) is 4. The van der Waals surface area contributed by atoms with Gasteiger partial charge in [0.2, 0.25) is 0 Å². The van der Waals surface area contributed by atoms with Gasteiger partial charge in [-0.05, 0) is 31.0 Å². The van der Waals surface area contributed by atoms with Crippen LogP contribution in [0.2, 0.25) is 10.0 Å². The molecule has 0 fully saturated rings. The minimum atomic E-state index is -0.960. The Balaban J connectivity index is 1.18. The first-order valence-electron chi connectivity index (χ1n) is 14.7. The molecule has 0 bridgehead atoms. The van der Waals surface area contributed by atoms with E-state index in [9.17, 15) is 18.8 Å². The highest BCUT2D eigenvalue weighted by atomic mass is 35.5. The summed E-state index contributed by atoms with van der Waals surface area (Å²) < 4.78 is 14.5. The molecule has 0 aliphatic carbocycles. The average molecular weight is 687 g/mol. The van der Waals surface area contributed by atoms with Crippen molar-refractivity contribution in [3.63, 3.8) is 0 Å². The average Bonchev–Trinajstić information content (AvgIpc) is 3.67. The number of nitrogens with zero attached hydrogens (tertiary/aromatic N) is 4. The molecule has 2 aliphatic heterocycles. The third kappa shape index (κ3) is 6.79. The number of thiazole rings is 1. The van der Waals surface area contributed by atoms with E-state index in [4.69, 9.17) is 28.3 Å². The number of anilines is 2. The van der Waals surface area contributed by atoms with Crippen molar-refractivity contribution in [2.45, 2.75) is 38.4 Å². The SMILES string of the molecule is O=C(O)CNC1CCCn2nc(C(=O)Nc3cccc(-c4cccc(NC(=O)c5nc6c(s5)CN(CCF)CC6)c4Cl)c3Cl)cc21. The summed E-state index contributed by atoms with van der Waals surface area (Å²) in [6.45, 7) is 1.64. The zero-order chi connectivity index (χ0) is 32.4. The van der Waals surface area contributed by atoms with E-state index in [1.807, 2.05) is 4.90 Å². The fraction of sp³-hybridized carbons (Fsp3) is 0.323. The van der Waals surface area contributed by atoms with Gasteiger partial charge in [0.25, 0.3) is 11.8 Å². The molecular weight excluding hydrogens is 656 g/mol. The van der Waals surface area contributed by atoms with Crippen LogP contribution < -0.4 is 16.0 Å². The second-order valence-electron chi connectivity index (χ2n) is 11.0. The van der Waals surface area contributed by atoms with Gasteiger partial charge in [-0.15, -0.1) is 11.3 Å². The summed E-state index contributed by atoms with van der Waals surface area (Å²) in [4.78, 5) is 44.9. The number of carboxylic acids is 1. The summed E-state index contributed by atoms with van der Waals surface area (Å²) in [5, 5.41) is 23.0. The summed E-state index contributed by atoms with van der Waals surface area (Å²) in [6, 6.07) is 11.8. The first-order chi connectivity index (χ1) is 22.2. The van der Waals surface area contributed by atoms with Crippen molar-refractivity contribution in [2.75, 3.05) is 36.9 Å². The van der Waals surface area contributed by atoms with E-state index in [1.54, 1.807) is 47.1 Å². The first kappa shape index (κ1) is 32.1. The second-order valence-corrected chi connectivity index (χ2v) is 12.8. The third-order valence-corrected chi connectivity index (χ3v) is 9.85. The second kappa shape index (κ2) is 13.9. The van der Waals surface area contributed by atoms with Gasteiger partial charge in [-0.25, -0.2) is 9.37 Å². The quantitative estimate of drug-likeness (QED) is 0.168. The van der Waals surface area contributed by atoms with E-state index < -0.39 is 24.5 Å². The molecular formula is C31H30Cl2FN7O4S. The Morgan fingerprint density at radius 3 is 2.39 bits per heavy atom. The van der Waals surface area contributed by atoms with Crippen molar-refractivity contribution in [1.29, 1.82) is 0 Å². The molecule has 4 N–H and O–H groups in total. The zero-order valence-corrected chi connectivity index (χ0v) is 26.8. The predicted molar refractivity (Wildman–Crippen MR) is 175 cm³/mol. The van der Waals surface area contributed by atoms with Crippen LogP contribution >= 0.6 is 34.5 Å². The zero-order valence-electron chi connectivity index (χ0n) is 24.5. The molecule has 0 saturated carbocycles. The first-order valence-corrected chi connectivity index (χ1v) is 16.3. The lowest BCUT2D eigenvalue weighted by Crippen LogP contribution is -2.31. The van der Waals surface area contributed by atoms with Gasteiger partial charge in [0.15, 0.2) is 10.7 Å². The van der Waals surface area contributed by atoms with Crippen molar-refractivity contribution in [3.8, 4) is 11.1 Å². The lowest BCUT2D eigenvalue weighted by molar-refractivity contribution is -0.136. The molecule has 0 saturated heterocycles. The molecule has 6 rings (SSSR count). The molecule has 4 aromatic rings. The summed E-state index contributed by atoms with van der Waals surface area (Å²) in [7, 11) is 0. The molecule has 2 amide bonds. The highest BCUT2D eigenvalue weighted by molar-refractivity contribution is 7.13. The van der Waals surface area contributed by atoms with Crippen molar-refractivity contribution in [2.24, 2.45) is 0 Å². The largest absolute Gasteiger partial charge is 0.480 e. The van der Waals surface area contributed by atoms with Crippen LogP contribution in [0.1, 0.15) is 55.4 Å². The topological polar surface area (TPSA) is 141 Å². The highest BCUT2D eigenvalue weighted by Gasteiger charge is 2.26. The summed E-state index contributed by atoms with van der Waals surface area (Å²) in [5.74, 6) is -1.83. The Kier molecular flexibility index (Phi) is 9.66. The number of benzene rings is 2. The lowest BCUT2D eigenvalue weighted by atomic mass is 10.0. The number of nitrogens with one attached hydrogen (secondary N) is 3. The third-order valence-electron chi connectivity index (χ3n) is 7.95. The summed E-state index contributed by atoms with van der Waals surface area (Å²) >= 11 is 14.9. The molecule has 11 nitrogen and oxygen atoms in total.